The molecule has 2 heteroatoms. The summed E-state index contributed by atoms with van der Waals surface area (Å²) in [6, 6.07) is 7.76. The molecule has 16 heavy (non-hydrogen) atoms. The Hall–Kier alpha value is -1.02. The maximum absolute atomic E-state index is 9.62. The summed E-state index contributed by atoms with van der Waals surface area (Å²) in [5.74, 6) is 1.55. The number of benzene rings is 1. The van der Waals surface area contributed by atoms with Crippen LogP contribution in [0.3, 0.4) is 0 Å². The summed E-state index contributed by atoms with van der Waals surface area (Å²) >= 11 is 0. The molecule has 0 radical (unpaired) electrons. The highest BCUT2D eigenvalue weighted by Crippen LogP contribution is 2.28. The van der Waals surface area contributed by atoms with Crippen molar-refractivity contribution in [3.63, 3.8) is 0 Å². The Kier molecular flexibility index (Phi) is 3.83. The number of ether oxygens (including phenoxy) is 1. The van der Waals surface area contributed by atoms with E-state index in [0.717, 1.165) is 17.9 Å². The van der Waals surface area contributed by atoms with E-state index < -0.39 is 6.10 Å². The van der Waals surface area contributed by atoms with E-state index >= 15 is 0 Å². The van der Waals surface area contributed by atoms with Crippen LogP contribution in [0, 0.1) is 5.92 Å². The largest absolute Gasteiger partial charge is 0.493 e. The standard InChI is InChI=1S/C14H20O2/c1-11(15)13-8-4-5-9-14(13)16-10-12-6-2-3-7-12/h4-5,8-9,11-12,15H,2-3,6-7,10H2,1H3/t11-/m0/s1. The molecule has 1 N–H and O–H groups in total. The highest BCUT2D eigenvalue weighted by molar-refractivity contribution is 5.34. The van der Waals surface area contributed by atoms with Crippen molar-refractivity contribution < 1.29 is 9.84 Å². The van der Waals surface area contributed by atoms with E-state index in [4.69, 9.17) is 4.74 Å². The number of rotatable bonds is 4. The molecule has 88 valence electrons. The summed E-state index contributed by atoms with van der Waals surface area (Å²) in [5, 5.41) is 9.62. The molecule has 0 aliphatic heterocycles. The van der Waals surface area contributed by atoms with Crippen LogP contribution in [0.4, 0.5) is 0 Å². The van der Waals surface area contributed by atoms with Gasteiger partial charge < -0.3 is 9.84 Å². The van der Waals surface area contributed by atoms with Gasteiger partial charge in [0.25, 0.3) is 0 Å². The summed E-state index contributed by atoms with van der Waals surface area (Å²) in [6.07, 6.45) is 4.80. The van der Waals surface area contributed by atoms with Gasteiger partial charge in [-0.1, -0.05) is 31.0 Å². The van der Waals surface area contributed by atoms with Gasteiger partial charge in [-0.15, -0.1) is 0 Å². The van der Waals surface area contributed by atoms with Gasteiger partial charge in [0.15, 0.2) is 0 Å². The average molecular weight is 220 g/mol. The van der Waals surface area contributed by atoms with Crippen LogP contribution < -0.4 is 4.74 Å². The van der Waals surface area contributed by atoms with Crippen LogP contribution >= 0.6 is 0 Å². The molecular weight excluding hydrogens is 200 g/mol. The molecule has 0 aromatic heterocycles. The van der Waals surface area contributed by atoms with Crippen molar-refractivity contribution in [2.45, 2.75) is 38.7 Å². The van der Waals surface area contributed by atoms with Crippen molar-refractivity contribution in [2.75, 3.05) is 6.61 Å². The van der Waals surface area contributed by atoms with Crippen LogP contribution in [0.15, 0.2) is 24.3 Å². The van der Waals surface area contributed by atoms with Gasteiger partial charge in [0, 0.05) is 5.56 Å². The Balaban J connectivity index is 1.97. The highest BCUT2D eigenvalue weighted by atomic mass is 16.5. The molecule has 0 saturated heterocycles. The number of aliphatic hydroxyl groups is 1. The maximum atomic E-state index is 9.62. The van der Waals surface area contributed by atoms with Crippen molar-refractivity contribution >= 4 is 0 Å². The zero-order valence-corrected chi connectivity index (χ0v) is 9.86. The van der Waals surface area contributed by atoms with Crippen LogP contribution in [0.5, 0.6) is 5.75 Å². The van der Waals surface area contributed by atoms with Crippen LogP contribution in [0.2, 0.25) is 0 Å². The van der Waals surface area contributed by atoms with Crippen molar-refractivity contribution in [3.8, 4) is 5.75 Å². The zero-order valence-electron chi connectivity index (χ0n) is 9.86. The van der Waals surface area contributed by atoms with E-state index in [1.807, 2.05) is 24.3 Å². The molecule has 0 heterocycles. The lowest BCUT2D eigenvalue weighted by molar-refractivity contribution is 0.186. The van der Waals surface area contributed by atoms with E-state index in [9.17, 15) is 5.11 Å². The third kappa shape index (κ3) is 2.76. The van der Waals surface area contributed by atoms with Gasteiger partial charge in [0.2, 0.25) is 0 Å². The van der Waals surface area contributed by atoms with Gasteiger partial charge in [-0.2, -0.15) is 0 Å². The average Bonchev–Trinajstić information content (AvgIpc) is 2.79. The van der Waals surface area contributed by atoms with Gasteiger partial charge in [0.1, 0.15) is 5.75 Å². The van der Waals surface area contributed by atoms with Gasteiger partial charge in [-0.05, 0) is 31.7 Å². The third-order valence-electron chi connectivity index (χ3n) is 3.32. The zero-order chi connectivity index (χ0) is 11.4. The molecule has 1 saturated carbocycles. The molecular formula is C14H20O2. The molecule has 1 aromatic carbocycles. The molecule has 1 aliphatic rings. The fraction of sp³-hybridized carbons (Fsp3) is 0.571. The van der Waals surface area contributed by atoms with Crippen LogP contribution in [-0.4, -0.2) is 11.7 Å². The van der Waals surface area contributed by atoms with E-state index in [-0.39, 0.29) is 0 Å². The second kappa shape index (κ2) is 5.35. The first kappa shape index (κ1) is 11.5. The topological polar surface area (TPSA) is 29.5 Å². The second-order valence-corrected chi connectivity index (χ2v) is 4.68. The van der Waals surface area contributed by atoms with Gasteiger partial charge >= 0.3 is 0 Å². The van der Waals surface area contributed by atoms with Crippen molar-refractivity contribution in [1.29, 1.82) is 0 Å². The van der Waals surface area contributed by atoms with Crippen LogP contribution in [-0.2, 0) is 0 Å². The number of aliphatic hydroxyl groups excluding tert-OH is 1. The summed E-state index contributed by atoms with van der Waals surface area (Å²) < 4.78 is 5.82. The molecule has 1 aliphatic carbocycles. The summed E-state index contributed by atoms with van der Waals surface area (Å²) in [5.41, 5.74) is 0.889. The quantitative estimate of drug-likeness (QED) is 0.843. The molecule has 2 rings (SSSR count). The van der Waals surface area contributed by atoms with Gasteiger partial charge in [0.05, 0.1) is 12.7 Å². The maximum Gasteiger partial charge on any atom is 0.125 e. The van der Waals surface area contributed by atoms with E-state index in [1.165, 1.54) is 25.7 Å². The second-order valence-electron chi connectivity index (χ2n) is 4.68. The molecule has 0 bridgehead atoms. The Morgan fingerprint density at radius 3 is 2.69 bits per heavy atom. The first-order valence-electron chi connectivity index (χ1n) is 6.17. The minimum atomic E-state index is -0.459. The number of hydrogen-bond acceptors (Lipinski definition) is 2. The lowest BCUT2D eigenvalue weighted by Gasteiger charge is -2.15. The smallest absolute Gasteiger partial charge is 0.125 e. The Morgan fingerprint density at radius 2 is 2.00 bits per heavy atom. The Morgan fingerprint density at radius 1 is 1.31 bits per heavy atom. The predicted molar refractivity (Wildman–Crippen MR) is 64.5 cm³/mol. The SMILES string of the molecule is C[C@H](O)c1ccccc1OCC1CCCC1. The van der Waals surface area contributed by atoms with Crippen LogP contribution in [0.25, 0.3) is 0 Å². The molecule has 1 atom stereocenters. The first-order chi connectivity index (χ1) is 7.77. The monoisotopic (exact) mass is 220 g/mol. The van der Waals surface area contributed by atoms with E-state index in [0.29, 0.717) is 5.92 Å². The van der Waals surface area contributed by atoms with Crippen molar-refractivity contribution in [1.82, 2.24) is 0 Å². The lowest BCUT2D eigenvalue weighted by atomic mass is 10.1. The van der Waals surface area contributed by atoms with E-state index in [1.54, 1.807) is 6.92 Å². The molecule has 0 amide bonds. The molecule has 0 unspecified atom stereocenters. The highest BCUT2D eigenvalue weighted by Gasteiger charge is 2.16. The van der Waals surface area contributed by atoms with Crippen molar-refractivity contribution in [3.05, 3.63) is 29.8 Å². The van der Waals surface area contributed by atoms with Crippen LogP contribution in [0.1, 0.15) is 44.3 Å². The fourth-order valence-electron chi connectivity index (χ4n) is 2.34. The van der Waals surface area contributed by atoms with Gasteiger partial charge in [-0.25, -0.2) is 0 Å². The first-order valence-corrected chi connectivity index (χ1v) is 6.17. The predicted octanol–water partition coefficient (Wildman–Crippen LogP) is 3.31. The Labute approximate surface area is 97.3 Å². The summed E-state index contributed by atoms with van der Waals surface area (Å²) in [7, 11) is 0. The molecule has 2 nitrogen and oxygen atoms in total. The molecule has 0 spiro atoms. The fourth-order valence-corrected chi connectivity index (χ4v) is 2.34. The minimum absolute atomic E-state index is 0.459. The third-order valence-corrected chi connectivity index (χ3v) is 3.32. The summed E-state index contributed by atoms with van der Waals surface area (Å²) in [4.78, 5) is 0. The normalized spacial score (nSPS) is 18.6. The van der Waals surface area contributed by atoms with Gasteiger partial charge in [-0.3, -0.25) is 0 Å². The Bertz CT molecular complexity index is 327. The lowest BCUT2D eigenvalue weighted by Crippen LogP contribution is -2.09. The van der Waals surface area contributed by atoms with Crippen molar-refractivity contribution in [2.24, 2.45) is 5.92 Å². The molecule has 1 aromatic rings. The van der Waals surface area contributed by atoms with E-state index in [2.05, 4.69) is 0 Å². The number of hydrogen-bond donors (Lipinski definition) is 1. The number of para-hydroxylation sites is 1. The molecule has 1 fully saturated rings. The minimum Gasteiger partial charge on any atom is -0.493 e. The summed E-state index contributed by atoms with van der Waals surface area (Å²) in [6.45, 7) is 2.57.